The molecule has 0 aromatic carbocycles. The molecule has 1 aromatic heterocycles. The Hall–Kier alpha value is -0.940. The van der Waals surface area contributed by atoms with Crippen molar-refractivity contribution in [1.29, 1.82) is 0 Å². The van der Waals surface area contributed by atoms with Crippen LogP contribution in [-0.4, -0.2) is 35.2 Å². The standard InChI is InChI=1S/C8H14N4O/c1-13-6-7-5-12(11-10-7)8-2-3-9-4-8/h5,8-9H,2-4,6H2,1H3. The molecule has 1 aromatic rings. The quantitative estimate of drug-likeness (QED) is 0.712. The number of aromatic nitrogens is 3. The lowest BCUT2D eigenvalue weighted by Gasteiger charge is -2.05. The third-order valence-corrected chi connectivity index (χ3v) is 2.26. The second-order valence-electron chi connectivity index (χ2n) is 3.27. The van der Waals surface area contributed by atoms with Gasteiger partial charge in [0, 0.05) is 13.7 Å². The first kappa shape index (κ1) is 8.65. The molecule has 1 fully saturated rings. The fourth-order valence-corrected chi connectivity index (χ4v) is 1.57. The van der Waals surface area contributed by atoms with Crippen LogP contribution in [-0.2, 0) is 11.3 Å². The predicted molar refractivity (Wildman–Crippen MR) is 47.3 cm³/mol. The third kappa shape index (κ3) is 1.87. The van der Waals surface area contributed by atoms with Gasteiger partial charge in [-0.1, -0.05) is 5.21 Å². The number of hydrogen-bond donors (Lipinski definition) is 1. The summed E-state index contributed by atoms with van der Waals surface area (Å²) in [6.07, 6.45) is 3.09. The Morgan fingerprint density at radius 1 is 1.77 bits per heavy atom. The minimum Gasteiger partial charge on any atom is -0.378 e. The molecule has 0 spiro atoms. The Morgan fingerprint density at radius 2 is 2.69 bits per heavy atom. The lowest BCUT2D eigenvalue weighted by Crippen LogP contribution is -2.13. The van der Waals surface area contributed by atoms with E-state index in [2.05, 4.69) is 15.6 Å². The molecule has 0 bridgehead atoms. The molecule has 2 rings (SSSR count). The molecule has 1 aliphatic heterocycles. The Bertz CT molecular complexity index is 267. The van der Waals surface area contributed by atoms with Gasteiger partial charge in [-0.25, -0.2) is 4.68 Å². The second-order valence-corrected chi connectivity index (χ2v) is 3.27. The first-order valence-corrected chi connectivity index (χ1v) is 4.50. The first-order valence-electron chi connectivity index (χ1n) is 4.50. The summed E-state index contributed by atoms with van der Waals surface area (Å²) in [5.74, 6) is 0. The van der Waals surface area contributed by atoms with Crippen molar-refractivity contribution >= 4 is 0 Å². The van der Waals surface area contributed by atoms with E-state index < -0.39 is 0 Å². The zero-order valence-electron chi connectivity index (χ0n) is 7.73. The number of nitrogens with one attached hydrogen (secondary N) is 1. The summed E-state index contributed by atoms with van der Waals surface area (Å²) in [7, 11) is 1.66. The Morgan fingerprint density at radius 3 is 3.38 bits per heavy atom. The largest absolute Gasteiger partial charge is 0.378 e. The predicted octanol–water partition coefficient (Wildman–Crippen LogP) is -0.0411. The highest BCUT2D eigenvalue weighted by Gasteiger charge is 2.17. The maximum absolute atomic E-state index is 4.97. The van der Waals surface area contributed by atoms with Crippen molar-refractivity contribution in [2.75, 3.05) is 20.2 Å². The van der Waals surface area contributed by atoms with Crippen LogP contribution in [0.1, 0.15) is 18.2 Å². The summed E-state index contributed by atoms with van der Waals surface area (Å²) in [5.41, 5.74) is 0.898. The van der Waals surface area contributed by atoms with Crippen molar-refractivity contribution < 1.29 is 4.74 Å². The molecule has 1 atom stereocenters. The smallest absolute Gasteiger partial charge is 0.108 e. The minimum absolute atomic E-state index is 0.470. The fraction of sp³-hybridized carbons (Fsp3) is 0.750. The van der Waals surface area contributed by atoms with Crippen LogP contribution in [0.5, 0.6) is 0 Å². The van der Waals surface area contributed by atoms with E-state index in [0.717, 1.165) is 25.2 Å². The molecule has 5 nitrogen and oxygen atoms in total. The summed E-state index contributed by atoms with van der Waals surface area (Å²) in [6, 6.07) is 0.470. The van der Waals surface area contributed by atoms with Crippen molar-refractivity contribution in [2.45, 2.75) is 19.1 Å². The molecule has 0 radical (unpaired) electrons. The monoisotopic (exact) mass is 182 g/mol. The van der Waals surface area contributed by atoms with Gasteiger partial charge in [0.25, 0.3) is 0 Å². The summed E-state index contributed by atoms with van der Waals surface area (Å²) >= 11 is 0. The van der Waals surface area contributed by atoms with Crippen molar-refractivity contribution in [3.63, 3.8) is 0 Å². The summed E-state index contributed by atoms with van der Waals surface area (Å²) in [6.45, 7) is 2.61. The van der Waals surface area contributed by atoms with E-state index in [4.69, 9.17) is 4.74 Å². The molecule has 0 amide bonds. The molecular formula is C8H14N4O. The van der Waals surface area contributed by atoms with Gasteiger partial charge in [-0.05, 0) is 13.0 Å². The summed E-state index contributed by atoms with van der Waals surface area (Å²) in [4.78, 5) is 0. The maximum atomic E-state index is 4.97. The van der Waals surface area contributed by atoms with Crippen LogP contribution in [0.15, 0.2) is 6.20 Å². The molecular weight excluding hydrogens is 168 g/mol. The number of rotatable bonds is 3. The van der Waals surface area contributed by atoms with E-state index in [0.29, 0.717) is 12.6 Å². The zero-order valence-corrected chi connectivity index (χ0v) is 7.73. The average molecular weight is 182 g/mol. The minimum atomic E-state index is 0.470. The van der Waals surface area contributed by atoms with Crippen LogP contribution in [0.3, 0.4) is 0 Å². The van der Waals surface area contributed by atoms with Crippen molar-refractivity contribution in [2.24, 2.45) is 0 Å². The number of nitrogens with zero attached hydrogens (tertiary/aromatic N) is 3. The number of hydrogen-bond acceptors (Lipinski definition) is 4. The summed E-state index contributed by atoms with van der Waals surface area (Å²) in [5, 5.41) is 11.4. The van der Waals surface area contributed by atoms with Crippen molar-refractivity contribution in [1.82, 2.24) is 20.3 Å². The van der Waals surface area contributed by atoms with Crippen molar-refractivity contribution in [3.05, 3.63) is 11.9 Å². The van der Waals surface area contributed by atoms with E-state index >= 15 is 0 Å². The second kappa shape index (κ2) is 3.85. The highest BCUT2D eigenvalue weighted by atomic mass is 16.5. The van der Waals surface area contributed by atoms with E-state index in [9.17, 15) is 0 Å². The maximum Gasteiger partial charge on any atom is 0.108 e. The van der Waals surface area contributed by atoms with Crippen LogP contribution >= 0.6 is 0 Å². The molecule has 0 aliphatic carbocycles. The van der Waals surface area contributed by atoms with Crippen LogP contribution in [0.4, 0.5) is 0 Å². The van der Waals surface area contributed by atoms with Crippen LogP contribution < -0.4 is 5.32 Å². The molecule has 1 aliphatic rings. The van der Waals surface area contributed by atoms with Crippen LogP contribution in [0, 0.1) is 0 Å². The highest BCUT2D eigenvalue weighted by Crippen LogP contribution is 2.13. The van der Waals surface area contributed by atoms with Crippen molar-refractivity contribution in [3.8, 4) is 0 Å². The lowest BCUT2D eigenvalue weighted by atomic mass is 10.3. The summed E-state index contributed by atoms with van der Waals surface area (Å²) < 4.78 is 6.90. The van der Waals surface area contributed by atoms with Crippen LogP contribution in [0.25, 0.3) is 0 Å². The van der Waals surface area contributed by atoms with Gasteiger partial charge in [0.05, 0.1) is 18.8 Å². The van der Waals surface area contributed by atoms with Gasteiger partial charge >= 0.3 is 0 Å². The van der Waals surface area contributed by atoms with E-state index in [1.54, 1.807) is 7.11 Å². The lowest BCUT2D eigenvalue weighted by molar-refractivity contribution is 0.181. The van der Waals surface area contributed by atoms with E-state index in [-0.39, 0.29) is 0 Å². The Balaban J connectivity index is 2.03. The first-order chi connectivity index (χ1) is 6.40. The SMILES string of the molecule is COCc1cn(C2CCNC2)nn1. The highest BCUT2D eigenvalue weighted by molar-refractivity contribution is 4.92. The van der Waals surface area contributed by atoms with E-state index in [1.807, 2.05) is 10.9 Å². The number of ether oxygens (including phenoxy) is 1. The zero-order chi connectivity index (χ0) is 9.10. The van der Waals surface area contributed by atoms with Crippen LogP contribution in [0.2, 0.25) is 0 Å². The molecule has 72 valence electrons. The van der Waals surface area contributed by atoms with Gasteiger partial charge in [0.2, 0.25) is 0 Å². The molecule has 0 saturated carbocycles. The van der Waals surface area contributed by atoms with Gasteiger partial charge in [0.1, 0.15) is 5.69 Å². The molecule has 5 heteroatoms. The molecule has 1 saturated heterocycles. The third-order valence-electron chi connectivity index (χ3n) is 2.26. The molecule has 1 unspecified atom stereocenters. The van der Waals surface area contributed by atoms with E-state index in [1.165, 1.54) is 0 Å². The van der Waals surface area contributed by atoms with Gasteiger partial charge in [-0.15, -0.1) is 5.10 Å². The fourth-order valence-electron chi connectivity index (χ4n) is 1.57. The molecule has 13 heavy (non-hydrogen) atoms. The number of methoxy groups -OCH3 is 1. The molecule has 2 heterocycles. The normalized spacial score (nSPS) is 22.4. The van der Waals surface area contributed by atoms with Gasteiger partial charge in [-0.2, -0.15) is 0 Å². The van der Waals surface area contributed by atoms with Gasteiger partial charge in [0.15, 0.2) is 0 Å². The molecule has 1 N–H and O–H groups in total. The Kier molecular flexibility index (Phi) is 2.56. The Labute approximate surface area is 77.1 Å². The van der Waals surface area contributed by atoms with Gasteiger partial charge < -0.3 is 10.1 Å². The topological polar surface area (TPSA) is 52.0 Å². The van der Waals surface area contributed by atoms with Gasteiger partial charge in [-0.3, -0.25) is 0 Å². The average Bonchev–Trinajstić information content (AvgIpc) is 2.70.